The molecule has 84 valence electrons. The number of aliphatic hydroxyl groups is 1. The van der Waals surface area contributed by atoms with E-state index in [-0.39, 0.29) is 5.54 Å². The molecule has 0 spiro atoms. The Labute approximate surface area is 86.6 Å². The van der Waals surface area contributed by atoms with Gasteiger partial charge in [-0.05, 0) is 32.1 Å². The van der Waals surface area contributed by atoms with Crippen LogP contribution in [0.3, 0.4) is 0 Å². The lowest BCUT2D eigenvalue weighted by Crippen LogP contribution is -2.41. The van der Waals surface area contributed by atoms with Crippen LogP contribution in [0.4, 0.5) is 0 Å². The molecule has 0 unspecified atom stereocenters. The SMILES string of the molecule is NC1(COCCCCCO)CCCC1. The van der Waals surface area contributed by atoms with E-state index in [1.807, 2.05) is 0 Å². The number of nitrogens with two attached hydrogens (primary N) is 1. The number of hydrogen-bond donors (Lipinski definition) is 2. The minimum absolute atomic E-state index is 0.0308. The molecule has 0 saturated heterocycles. The average Bonchev–Trinajstić information content (AvgIpc) is 2.59. The predicted molar refractivity (Wildman–Crippen MR) is 57.1 cm³/mol. The van der Waals surface area contributed by atoms with Gasteiger partial charge < -0.3 is 15.6 Å². The third-order valence-corrected chi connectivity index (χ3v) is 2.94. The van der Waals surface area contributed by atoms with Crippen LogP contribution in [0, 0.1) is 0 Å². The number of unbranched alkanes of at least 4 members (excludes halogenated alkanes) is 2. The number of hydrogen-bond acceptors (Lipinski definition) is 3. The molecular formula is C11H23NO2. The highest BCUT2D eigenvalue weighted by molar-refractivity contribution is 4.88. The lowest BCUT2D eigenvalue weighted by atomic mass is 10.0. The van der Waals surface area contributed by atoms with E-state index in [1.165, 1.54) is 12.8 Å². The summed E-state index contributed by atoms with van der Waals surface area (Å²) in [7, 11) is 0. The zero-order valence-electron chi connectivity index (χ0n) is 9.00. The highest BCUT2D eigenvalue weighted by Crippen LogP contribution is 2.27. The molecule has 0 radical (unpaired) electrons. The van der Waals surface area contributed by atoms with Crippen LogP contribution in [0.15, 0.2) is 0 Å². The van der Waals surface area contributed by atoms with Crippen molar-refractivity contribution in [3.8, 4) is 0 Å². The first-order chi connectivity index (χ1) is 6.77. The van der Waals surface area contributed by atoms with Crippen LogP contribution < -0.4 is 5.73 Å². The van der Waals surface area contributed by atoms with Crippen molar-refractivity contribution in [3.63, 3.8) is 0 Å². The van der Waals surface area contributed by atoms with Crippen LogP contribution in [0.5, 0.6) is 0 Å². The Morgan fingerprint density at radius 3 is 2.50 bits per heavy atom. The van der Waals surface area contributed by atoms with Gasteiger partial charge in [-0.3, -0.25) is 0 Å². The van der Waals surface area contributed by atoms with E-state index in [2.05, 4.69) is 0 Å². The van der Waals surface area contributed by atoms with E-state index >= 15 is 0 Å². The molecule has 3 N–H and O–H groups in total. The summed E-state index contributed by atoms with van der Waals surface area (Å²) in [6, 6.07) is 0. The maximum atomic E-state index is 8.58. The first-order valence-corrected chi connectivity index (χ1v) is 5.74. The molecule has 1 aliphatic rings. The molecule has 0 aromatic carbocycles. The van der Waals surface area contributed by atoms with E-state index in [1.54, 1.807) is 0 Å². The summed E-state index contributed by atoms with van der Waals surface area (Å²) >= 11 is 0. The van der Waals surface area contributed by atoms with Crippen LogP contribution in [0.25, 0.3) is 0 Å². The van der Waals surface area contributed by atoms with Gasteiger partial charge in [-0.15, -0.1) is 0 Å². The van der Waals surface area contributed by atoms with Gasteiger partial charge in [0.15, 0.2) is 0 Å². The van der Waals surface area contributed by atoms with E-state index in [4.69, 9.17) is 15.6 Å². The fourth-order valence-corrected chi connectivity index (χ4v) is 1.99. The smallest absolute Gasteiger partial charge is 0.0646 e. The quantitative estimate of drug-likeness (QED) is 0.613. The second-order valence-corrected chi connectivity index (χ2v) is 4.41. The normalized spacial score (nSPS) is 20.1. The van der Waals surface area contributed by atoms with Crippen molar-refractivity contribution in [2.75, 3.05) is 19.8 Å². The second-order valence-electron chi connectivity index (χ2n) is 4.41. The van der Waals surface area contributed by atoms with E-state index in [0.29, 0.717) is 13.2 Å². The summed E-state index contributed by atoms with van der Waals surface area (Å²) in [5.74, 6) is 0. The van der Waals surface area contributed by atoms with Gasteiger partial charge >= 0.3 is 0 Å². The third kappa shape index (κ3) is 4.40. The Hall–Kier alpha value is -0.120. The molecule has 1 rings (SSSR count). The van der Waals surface area contributed by atoms with E-state index < -0.39 is 0 Å². The summed E-state index contributed by atoms with van der Waals surface area (Å²) in [5, 5.41) is 8.58. The van der Waals surface area contributed by atoms with Crippen molar-refractivity contribution in [2.24, 2.45) is 5.73 Å². The minimum atomic E-state index is -0.0308. The lowest BCUT2D eigenvalue weighted by Gasteiger charge is -2.23. The summed E-state index contributed by atoms with van der Waals surface area (Å²) < 4.78 is 5.56. The second kappa shape index (κ2) is 6.38. The first kappa shape index (κ1) is 12.0. The van der Waals surface area contributed by atoms with Gasteiger partial charge in [0, 0.05) is 18.8 Å². The molecule has 0 amide bonds. The largest absolute Gasteiger partial charge is 0.396 e. The monoisotopic (exact) mass is 201 g/mol. The summed E-state index contributed by atoms with van der Waals surface area (Å²) in [6.45, 7) is 1.80. The molecule has 0 bridgehead atoms. The fourth-order valence-electron chi connectivity index (χ4n) is 1.99. The molecule has 0 aliphatic heterocycles. The highest BCUT2D eigenvalue weighted by Gasteiger charge is 2.29. The zero-order chi connectivity index (χ0) is 10.3. The average molecular weight is 201 g/mol. The van der Waals surface area contributed by atoms with E-state index in [0.717, 1.165) is 38.7 Å². The topological polar surface area (TPSA) is 55.5 Å². The van der Waals surface area contributed by atoms with Crippen LogP contribution in [-0.2, 0) is 4.74 Å². The van der Waals surface area contributed by atoms with Crippen molar-refractivity contribution < 1.29 is 9.84 Å². The minimum Gasteiger partial charge on any atom is -0.396 e. The van der Waals surface area contributed by atoms with Gasteiger partial charge in [0.2, 0.25) is 0 Å². The molecule has 0 heterocycles. The Morgan fingerprint density at radius 1 is 1.14 bits per heavy atom. The Balaban J connectivity index is 1.92. The molecule has 1 fully saturated rings. The van der Waals surface area contributed by atoms with E-state index in [9.17, 15) is 0 Å². The van der Waals surface area contributed by atoms with Crippen molar-refractivity contribution in [1.29, 1.82) is 0 Å². The fraction of sp³-hybridized carbons (Fsp3) is 1.00. The molecule has 14 heavy (non-hydrogen) atoms. The van der Waals surface area contributed by atoms with Crippen LogP contribution in [0.1, 0.15) is 44.9 Å². The summed E-state index contributed by atoms with van der Waals surface area (Å²) in [6.07, 6.45) is 7.71. The first-order valence-electron chi connectivity index (χ1n) is 5.74. The van der Waals surface area contributed by atoms with Crippen molar-refractivity contribution in [3.05, 3.63) is 0 Å². The molecule has 0 aromatic rings. The lowest BCUT2D eigenvalue weighted by molar-refractivity contribution is 0.0831. The maximum absolute atomic E-state index is 8.58. The van der Waals surface area contributed by atoms with Crippen molar-refractivity contribution in [1.82, 2.24) is 0 Å². The molecule has 1 saturated carbocycles. The summed E-state index contributed by atoms with van der Waals surface area (Å²) in [4.78, 5) is 0. The number of ether oxygens (including phenoxy) is 1. The van der Waals surface area contributed by atoms with Crippen molar-refractivity contribution in [2.45, 2.75) is 50.5 Å². The number of aliphatic hydroxyl groups excluding tert-OH is 1. The van der Waals surface area contributed by atoms with Crippen LogP contribution in [-0.4, -0.2) is 30.5 Å². The van der Waals surface area contributed by atoms with Gasteiger partial charge in [-0.25, -0.2) is 0 Å². The Kier molecular flexibility index (Phi) is 5.45. The van der Waals surface area contributed by atoms with Gasteiger partial charge in [-0.2, -0.15) is 0 Å². The molecule has 1 aliphatic carbocycles. The Bertz CT molecular complexity index is 144. The molecular weight excluding hydrogens is 178 g/mol. The standard InChI is InChI=1S/C11H23NO2/c12-11(6-2-3-7-11)10-14-9-5-1-4-8-13/h13H,1-10,12H2. The molecule has 3 heteroatoms. The predicted octanol–water partition coefficient (Wildman–Crippen LogP) is 1.44. The highest BCUT2D eigenvalue weighted by atomic mass is 16.5. The molecule has 3 nitrogen and oxygen atoms in total. The van der Waals surface area contributed by atoms with Crippen molar-refractivity contribution >= 4 is 0 Å². The van der Waals surface area contributed by atoms with Gasteiger partial charge in [0.1, 0.15) is 0 Å². The molecule has 0 aromatic heterocycles. The Morgan fingerprint density at radius 2 is 1.86 bits per heavy atom. The van der Waals surface area contributed by atoms with Gasteiger partial charge in [0.25, 0.3) is 0 Å². The summed E-state index contributed by atoms with van der Waals surface area (Å²) in [5.41, 5.74) is 6.10. The zero-order valence-corrected chi connectivity index (χ0v) is 9.00. The number of rotatable bonds is 7. The van der Waals surface area contributed by atoms with Crippen LogP contribution in [0.2, 0.25) is 0 Å². The third-order valence-electron chi connectivity index (χ3n) is 2.94. The van der Waals surface area contributed by atoms with Gasteiger partial charge in [-0.1, -0.05) is 12.8 Å². The van der Waals surface area contributed by atoms with Crippen LogP contribution >= 0.6 is 0 Å². The van der Waals surface area contributed by atoms with Gasteiger partial charge in [0.05, 0.1) is 6.61 Å². The molecule has 0 atom stereocenters. The maximum Gasteiger partial charge on any atom is 0.0646 e.